The van der Waals surface area contributed by atoms with Gasteiger partial charge in [0.1, 0.15) is 0 Å². The van der Waals surface area contributed by atoms with E-state index in [4.69, 9.17) is 11.6 Å². The number of halogens is 1. The molecule has 1 saturated heterocycles. The number of hydrogen-bond donors (Lipinski definition) is 0. The normalized spacial score (nSPS) is 18.7. The van der Waals surface area contributed by atoms with E-state index in [1.54, 1.807) is 13.0 Å². The number of rotatable bonds is 9. The molecule has 192 valence electrons. The Hall–Kier alpha value is -2.37. The van der Waals surface area contributed by atoms with Crippen LogP contribution in [0.15, 0.2) is 60.5 Å². The molecule has 3 rings (SSSR count). The molecule has 2 aliphatic rings. The third-order valence-corrected chi connectivity index (χ3v) is 6.87. The molecule has 0 radical (unpaired) electrons. The number of piperazine rings is 1. The molecule has 1 saturated carbocycles. The number of nitrogens with zero attached hydrogens (tertiary/aromatic N) is 3. The standard InChI is InChI=1S/C21H33N3O2.C8H9Cl/c1-6-9-19(17(4)25)24-16(3)14-23(15-20(24)18-11-12-18)21(26)10-8-13-22(5)7-2;1-2-7-5-3-4-6-8(7)9/h8-10,18,20H,3,6-7,11-15H2,1-2,4-5H3;3-6H,2H2,1H3/b10-8+,19-9-;. The molecule has 1 aromatic rings. The molecule has 1 amide bonds. The first kappa shape index (κ1) is 28.9. The summed E-state index contributed by atoms with van der Waals surface area (Å²) in [6.45, 7) is 14.9. The Morgan fingerprint density at radius 2 is 1.89 bits per heavy atom. The minimum absolute atomic E-state index is 0.0322. The fraction of sp³-hybridized carbons (Fsp3) is 0.517. The van der Waals surface area contributed by atoms with Crippen LogP contribution in [0.2, 0.25) is 5.02 Å². The molecular weight excluding hydrogens is 458 g/mol. The highest BCUT2D eigenvalue weighted by atomic mass is 35.5. The number of amides is 1. The highest BCUT2D eigenvalue weighted by Crippen LogP contribution is 2.40. The smallest absolute Gasteiger partial charge is 0.246 e. The maximum absolute atomic E-state index is 12.6. The zero-order valence-corrected chi connectivity index (χ0v) is 22.9. The summed E-state index contributed by atoms with van der Waals surface area (Å²) >= 11 is 5.82. The third-order valence-electron chi connectivity index (χ3n) is 6.50. The number of allylic oxidation sites excluding steroid dienone is 2. The van der Waals surface area contributed by atoms with Crippen molar-refractivity contribution in [3.05, 3.63) is 71.1 Å². The zero-order chi connectivity index (χ0) is 26.0. The molecular formula is C29H42ClN3O2. The molecule has 2 fully saturated rings. The second-order valence-corrected chi connectivity index (χ2v) is 9.72. The van der Waals surface area contributed by atoms with E-state index in [-0.39, 0.29) is 17.7 Å². The Labute approximate surface area is 217 Å². The number of hydrogen-bond acceptors (Lipinski definition) is 4. The van der Waals surface area contributed by atoms with Crippen LogP contribution in [-0.2, 0) is 16.0 Å². The maximum Gasteiger partial charge on any atom is 0.246 e. The molecule has 5 nitrogen and oxygen atoms in total. The predicted octanol–water partition coefficient (Wildman–Crippen LogP) is 5.72. The molecule has 0 bridgehead atoms. The van der Waals surface area contributed by atoms with Crippen molar-refractivity contribution in [3.63, 3.8) is 0 Å². The molecule has 1 aliphatic carbocycles. The third kappa shape index (κ3) is 8.66. The van der Waals surface area contributed by atoms with Crippen LogP contribution in [0.1, 0.15) is 52.5 Å². The second-order valence-electron chi connectivity index (χ2n) is 9.32. The quantitative estimate of drug-likeness (QED) is 0.408. The molecule has 0 N–H and O–H groups in total. The van der Waals surface area contributed by atoms with Gasteiger partial charge < -0.3 is 14.7 Å². The Morgan fingerprint density at radius 3 is 2.40 bits per heavy atom. The minimum atomic E-state index is 0.0322. The van der Waals surface area contributed by atoms with Crippen molar-refractivity contribution >= 4 is 23.3 Å². The van der Waals surface area contributed by atoms with E-state index in [9.17, 15) is 9.59 Å². The molecule has 1 aliphatic heterocycles. The Balaban J connectivity index is 0.000000402. The lowest BCUT2D eigenvalue weighted by Crippen LogP contribution is -2.54. The number of likely N-dealkylation sites (N-methyl/N-ethyl adjacent to an activating group) is 1. The molecule has 0 aromatic heterocycles. The number of aryl methyl sites for hydroxylation is 1. The summed E-state index contributed by atoms with van der Waals surface area (Å²) in [5, 5.41) is 0.875. The van der Waals surface area contributed by atoms with Crippen molar-refractivity contribution in [2.45, 2.75) is 59.4 Å². The van der Waals surface area contributed by atoms with Crippen molar-refractivity contribution < 1.29 is 9.59 Å². The van der Waals surface area contributed by atoms with E-state index in [0.717, 1.165) is 55.2 Å². The number of benzene rings is 1. The van der Waals surface area contributed by atoms with Gasteiger partial charge in [-0.2, -0.15) is 0 Å². The first-order valence-electron chi connectivity index (χ1n) is 12.8. The van der Waals surface area contributed by atoms with Gasteiger partial charge in [0, 0.05) is 36.8 Å². The summed E-state index contributed by atoms with van der Waals surface area (Å²) in [5.41, 5.74) is 2.80. The van der Waals surface area contributed by atoms with E-state index < -0.39 is 0 Å². The second kappa shape index (κ2) is 14.3. The van der Waals surface area contributed by atoms with Gasteiger partial charge in [0.05, 0.1) is 18.3 Å². The fourth-order valence-electron chi connectivity index (χ4n) is 4.22. The van der Waals surface area contributed by atoms with Gasteiger partial charge in [0.15, 0.2) is 5.78 Å². The summed E-state index contributed by atoms with van der Waals surface area (Å²) < 4.78 is 0. The molecule has 0 spiro atoms. The number of carbonyl (C=O) groups excluding carboxylic acids is 2. The largest absolute Gasteiger partial charge is 0.336 e. The van der Waals surface area contributed by atoms with Crippen molar-refractivity contribution in [1.29, 1.82) is 0 Å². The van der Waals surface area contributed by atoms with Crippen LogP contribution in [-0.4, -0.2) is 65.7 Å². The highest BCUT2D eigenvalue weighted by Gasteiger charge is 2.42. The monoisotopic (exact) mass is 499 g/mol. The van der Waals surface area contributed by atoms with Crippen LogP contribution in [0.3, 0.4) is 0 Å². The average Bonchev–Trinajstić information content (AvgIpc) is 3.68. The summed E-state index contributed by atoms with van der Waals surface area (Å²) in [4.78, 5) is 30.9. The lowest BCUT2D eigenvalue weighted by molar-refractivity contribution is -0.127. The molecule has 35 heavy (non-hydrogen) atoms. The van der Waals surface area contributed by atoms with Crippen molar-refractivity contribution in [2.75, 3.05) is 33.2 Å². The number of Topliss-reactive ketones (excluding diaryl/α,β-unsaturated/α-hetero) is 1. The topological polar surface area (TPSA) is 43.9 Å². The van der Waals surface area contributed by atoms with Gasteiger partial charge in [-0.1, -0.05) is 69.3 Å². The van der Waals surface area contributed by atoms with Crippen LogP contribution in [0.5, 0.6) is 0 Å². The Kier molecular flexibility index (Phi) is 11.8. The zero-order valence-electron chi connectivity index (χ0n) is 22.1. The van der Waals surface area contributed by atoms with Crippen LogP contribution in [0.25, 0.3) is 0 Å². The lowest BCUT2D eigenvalue weighted by Gasteiger charge is -2.44. The fourth-order valence-corrected chi connectivity index (χ4v) is 4.49. The van der Waals surface area contributed by atoms with Crippen molar-refractivity contribution in [3.8, 4) is 0 Å². The van der Waals surface area contributed by atoms with E-state index in [2.05, 4.69) is 30.2 Å². The van der Waals surface area contributed by atoms with Crippen LogP contribution in [0.4, 0.5) is 0 Å². The molecule has 1 atom stereocenters. The van der Waals surface area contributed by atoms with Crippen LogP contribution >= 0.6 is 11.6 Å². The maximum atomic E-state index is 12.6. The highest BCUT2D eigenvalue weighted by molar-refractivity contribution is 6.31. The summed E-state index contributed by atoms with van der Waals surface area (Å²) in [6, 6.07) is 8.07. The van der Waals surface area contributed by atoms with E-state index >= 15 is 0 Å². The average molecular weight is 500 g/mol. The first-order valence-corrected chi connectivity index (χ1v) is 13.2. The van der Waals surface area contributed by atoms with Crippen molar-refractivity contribution in [1.82, 2.24) is 14.7 Å². The number of ketones is 1. The van der Waals surface area contributed by atoms with Gasteiger partial charge in [0.25, 0.3) is 0 Å². The van der Waals surface area contributed by atoms with E-state index in [1.807, 2.05) is 55.3 Å². The summed E-state index contributed by atoms with van der Waals surface area (Å²) in [6.07, 6.45) is 9.72. The predicted molar refractivity (Wildman–Crippen MR) is 146 cm³/mol. The van der Waals surface area contributed by atoms with Gasteiger partial charge in [-0.25, -0.2) is 0 Å². The minimum Gasteiger partial charge on any atom is -0.336 e. The van der Waals surface area contributed by atoms with Gasteiger partial charge in [-0.05, 0) is 56.8 Å². The van der Waals surface area contributed by atoms with Crippen molar-refractivity contribution in [2.24, 2.45) is 5.92 Å². The van der Waals surface area contributed by atoms with E-state index in [0.29, 0.717) is 19.0 Å². The Morgan fingerprint density at radius 1 is 1.20 bits per heavy atom. The molecule has 6 heteroatoms. The van der Waals surface area contributed by atoms with E-state index in [1.165, 1.54) is 5.56 Å². The van der Waals surface area contributed by atoms with Gasteiger partial charge in [-0.15, -0.1) is 0 Å². The van der Waals surface area contributed by atoms with Crippen LogP contribution in [0, 0.1) is 5.92 Å². The van der Waals surface area contributed by atoms with Gasteiger partial charge in [-0.3, -0.25) is 9.59 Å². The Bertz CT molecular complexity index is 936. The summed E-state index contributed by atoms with van der Waals surface area (Å²) in [7, 11) is 2.03. The number of carbonyl (C=O) groups is 2. The molecule has 1 unspecified atom stereocenters. The molecule has 1 aromatic carbocycles. The first-order chi connectivity index (χ1) is 16.7. The lowest BCUT2D eigenvalue weighted by atomic mass is 10.0. The summed E-state index contributed by atoms with van der Waals surface area (Å²) in [5.74, 6) is 0.642. The molecule has 1 heterocycles. The van der Waals surface area contributed by atoms with Crippen LogP contribution < -0.4 is 0 Å². The van der Waals surface area contributed by atoms with Gasteiger partial charge in [0.2, 0.25) is 5.91 Å². The van der Waals surface area contributed by atoms with Gasteiger partial charge >= 0.3 is 0 Å². The SMILES string of the molecule is C=C1CN(C(=O)/C=C/CN(C)CC)CC(C2CC2)N1/C(=C\CC)C(C)=O.CCc1ccccc1Cl.